The van der Waals surface area contributed by atoms with E-state index < -0.39 is 0 Å². The van der Waals surface area contributed by atoms with Gasteiger partial charge in [-0.1, -0.05) is 6.07 Å². The summed E-state index contributed by atoms with van der Waals surface area (Å²) in [6.07, 6.45) is 1.60. The Morgan fingerprint density at radius 3 is 2.43 bits per heavy atom. The van der Waals surface area contributed by atoms with Gasteiger partial charge in [0.05, 0.1) is 25.9 Å². The molecule has 0 bridgehead atoms. The molecule has 5 nitrogen and oxygen atoms in total. The Morgan fingerprint density at radius 1 is 1.19 bits per heavy atom. The van der Waals surface area contributed by atoms with Gasteiger partial charge in [-0.25, -0.2) is 0 Å². The summed E-state index contributed by atoms with van der Waals surface area (Å²) >= 11 is 0. The largest absolute Gasteiger partial charge is 0.493 e. The molecule has 1 saturated heterocycles. The van der Waals surface area contributed by atoms with Crippen LogP contribution in [0.25, 0.3) is 0 Å². The van der Waals surface area contributed by atoms with Crippen LogP contribution in [0.5, 0.6) is 11.5 Å². The summed E-state index contributed by atoms with van der Waals surface area (Å²) < 4.78 is 22.1. The van der Waals surface area contributed by atoms with Crippen molar-refractivity contribution in [2.75, 3.05) is 34.0 Å². The number of ether oxygens (including phenoxy) is 4. The van der Waals surface area contributed by atoms with Gasteiger partial charge in [0.15, 0.2) is 11.5 Å². The number of benzene rings is 1. The van der Waals surface area contributed by atoms with Crippen LogP contribution in [-0.2, 0) is 9.47 Å². The monoisotopic (exact) mass is 295 g/mol. The zero-order valence-electron chi connectivity index (χ0n) is 13.1. The van der Waals surface area contributed by atoms with E-state index in [-0.39, 0.29) is 11.6 Å². The van der Waals surface area contributed by atoms with Crippen LogP contribution in [0.3, 0.4) is 0 Å². The van der Waals surface area contributed by atoms with Gasteiger partial charge in [-0.05, 0) is 24.6 Å². The molecule has 118 valence electrons. The maximum atomic E-state index is 6.53. The summed E-state index contributed by atoms with van der Waals surface area (Å²) in [6, 6.07) is 5.57. The molecule has 0 spiro atoms. The van der Waals surface area contributed by atoms with Gasteiger partial charge >= 0.3 is 0 Å². The standard InChI is InChI=1S/C16H25NO4/c1-4-21-16(7-9-20-10-8-16)15(17)12-5-6-13(18-2)14(11-12)19-3/h5-6,11,15H,4,7-10,17H2,1-3H3. The minimum atomic E-state index is -0.368. The topological polar surface area (TPSA) is 62.9 Å². The van der Waals surface area contributed by atoms with Crippen LogP contribution >= 0.6 is 0 Å². The molecule has 0 aromatic heterocycles. The van der Waals surface area contributed by atoms with Crippen LogP contribution in [0.15, 0.2) is 18.2 Å². The summed E-state index contributed by atoms with van der Waals surface area (Å²) in [4.78, 5) is 0. The van der Waals surface area contributed by atoms with Crippen molar-refractivity contribution in [1.82, 2.24) is 0 Å². The lowest BCUT2D eigenvalue weighted by Crippen LogP contribution is -2.48. The van der Waals surface area contributed by atoms with Crippen LogP contribution in [0.2, 0.25) is 0 Å². The van der Waals surface area contributed by atoms with Gasteiger partial charge in [-0.15, -0.1) is 0 Å². The molecule has 2 N–H and O–H groups in total. The number of rotatable bonds is 6. The summed E-state index contributed by atoms with van der Waals surface area (Å²) in [6.45, 7) is 4.00. The zero-order chi connectivity index (χ0) is 15.3. The Bertz CT molecular complexity index is 452. The van der Waals surface area contributed by atoms with Crippen molar-refractivity contribution in [1.29, 1.82) is 0 Å². The van der Waals surface area contributed by atoms with Gasteiger partial charge in [0.1, 0.15) is 0 Å². The second-order valence-corrected chi connectivity index (χ2v) is 5.20. The Kier molecular flexibility index (Phi) is 5.45. The third kappa shape index (κ3) is 3.31. The first-order valence-corrected chi connectivity index (χ1v) is 7.36. The summed E-state index contributed by atoms with van der Waals surface area (Å²) in [5, 5.41) is 0. The number of hydrogen-bond donors (Lipinski definition) is 1. The predicted molar refractivity (Wildman–Crippen MR) is 80.9 cm³/mol. The highest BCUT2D eigenvalue weighted by Crippen LogP contribution is 2.39. The van der Waals surface area contributed by atoms with E-state index >= 15 is 0 Å². The van der Waals surface area contributed by atoms with Crippen LogP contribution < -0.4 is 15.2 Å². The van der Waals surface area contributed by atoms with Crippen LogP contribution in [-0.4, -0.2) is 39.6 Å². The van der Waals surface area contributed by atoms with Crippen molar-refractivity contribution in [3.05, 3.63) is 23.8 Å². The van der Waals surface area contributed by atoms with Crippen molar-refractivity contribution in [3.63, 3.8) is 0 Å². The first-order chi connectivity index (χ1) is 10.2. The second-order valence-electron chi connectivity index (χ2n) is 5.20. The summed E-state index contributed by atoms with van der Waals surface area (Å²) in [7, 11) is 3.25. The molecule has 1 unspecified atom stereocenters. The van der Waals surface area contributed by atoms with E-state index in [9.17, 15) is 0 Å². The molecule has 0 aliphatic carbocycles. The van der Waals surface area contributed by atoms with Crippen LogP contribution in [0.1, 0.15) is 31.4 Å². The average Bonchev–Trinajstić information content (AvgIpc) is 2.54. The molecule has 1 aliphatic rings. The fourth-order valence-corrected chi connectivity index (χ4v) is 2.90. The van der Waals surface area contributed by atoms with E-state index in [1.54, 1.807) is 14.2 Å². The second kappa shape index (κ2) is 7.11. The highest BCUT2D eigenvalue weighted by molar-refractivity contribution is 5.44. The van der Waals surface area contributed by atoms with E-state index in [0.29, 0.717) is 31.3 Å². The quantitative estimate of drug-likeness (QED) is 0.872. The van der Waals surface area contributed by atoms with Crippen molar-refractivity contribution in [2.24, 2.45) is 5.73 Å². The highest BCUT2D eigenvalue weighted by atomic mass is 16.5. The fourth-order valence-electron chi connectivity index (χ4n) is 2.90. The first kappa shape index (κ1) is 16.1. The minimum absolute atomic E-state index is 0.221. The molecule has 1 aliphatic heterocycles. The summed E-state index contributed by atoms with van der Waals surface area (Å²) in [5.41, 5.74) is 7.15. The van der Waals surface area contributed by atoms with E-state index in [2.05, 4.69) is 0 Å². The Labute approximate surface area is 126 Å². The van der Waals surface area contributed by atoms with E-state index in [1.807, 2.05) is 25.1 Å². The maximum Gasteiger partial charge on any atom is 0.161 e. The SMILES string of the molecule is CCOC1(C(N)c2ccc(OC)c(OC)c2)CCOCC1. The number of hydrogen-bond acceptors (Lipinski definition) is 5. The molecule has 1 heterocycles. The van der Waals surface area contributed by atoms with Gasteiger partial charge < -0.3 is 24.7 Å². The smallest absolute Gasteiger partial charge is 0.161 e. The third-order valence-corrected chi connectivity index (χ3v) is 4.10. The van der Waals surface area contributed by atoms with Crippen LogP contribution in [0.4, 0.5) is 0 Å². The predicted octanol–water partition coefficient (Wildman–Crippen LogP) is 2.29. The Hall–Kier alpha value is -1.30. The lowest BCUT2D eigenvalue weighted by Gasteiger charge is -2.41. The molecule has 5 heteroatoms. The van der Waals surface area contributed by atoms with Gasteiger partial charge in [-0.3, -0.25) is 0 Å². The lowest BCUT2D eigenvalue weighted by atomic mass is 9.82. The fraction of sp³-hybridized carbons (Fsp3) is 0.625. The molecular weight excluding hydrogens is 270 g/mol. The lowest BCUT2D eigenvalue weighted by molar-refractivity contribution is -0.121. The molecule has 0 amide bonds. The Morgan fingerprint density at radius 2 is 1.86 bits per heavy atom. The molecule has 2 rings (SSSR count). The van der Waals surface area contributed by atoms with Gasteiger partial charge in [-0.2, -0.15) is 0 Å². The van der Waals surface area contributed by atoms with E-state index in [1.165, 1.54) is 0 Å². The molecule has 1 aromatic carbocycles. The number of methoxy groups -OCH3 is 2. The molecule has 21 heavy (non-hydrogen) atoms. The van der Waals surface area contributed by atoms with Crippen molar-refractivity contribution >= 4 is 0 Å². The molecule has 0 radical (unpaired) electrons. The molecule has 1 fully saturated rings. The number of nitrogens with two attached hydrogens (primary N) is 1. The Balaban J connectivity index is 2.29. The summed E-state index contributed by atoms with van der Waals surface area (Å²) in [5.74, 6) is 1.38. The average molecular weight is 295 g/mol. The zero-order valence-corrected chi connectivity index (χ0v) is 13.1. The molecular formula is C16H25NO4. The maximum absolute atomic E-state index is 6.53. The van der Waals surface area contributed by atoms with Crippen LogP contribution in [0, 0.1) is 0 Å². The molecule has 1 atom stereocenters. The first-order valence-electron chi connectivity index (χ1n) is 7.36. The van der Waals surface area contributed by atoms with Crippen molar-refractivity contribution in [3.8, 4) is 11.5 Å². The third-order valence-electron chi connectivity index (χ3n) is 4.10. The van der Waals surface area contributed by atoms with Crippen molar-refractivity contribution < 1.29 is 18.9 Å². The van der Waals surface area contributed by atoms with E-state index in [0.717, 1.165) is 18.4 Å². The van der Waals surface area contributed by atoms with Gasteiger partial charge in [0, 0.05) is 32.7 Å². The van der Waals surface area contributed by atoms with E-state index in [4.69, 9.17) is 24.7 Å². The van der Waals surface area contributed by atoms with Gasteiger partial charge in [0.2, 0.25) is 0 Å². The highest BCUT2D eigenvalue weighted by Gasteiger charge is 2.40. The van der Waals surface area contributed by atoms with Gasteiger partial charge in [0.25, 0.3) is 0 Å². The normalized spacial score (nSPS) is 19.0. The molecule has 1 aromatic rings. The molecule has 0 saturated carbocycles. The minimum Gasteiger partial charge on any atom is -0.493 e. The van der Waals surface area contributed by atoms with Crippen molar-refractivity contribution in [2.45, 2.75) is 31.4 Å².